The molecule has 0 unspecified atom stereocenters. The van der Waals surface area contributed by atoms with Gasteiger partial charge in [0.25, 0.3) is 11.6 Å². The van der Waals surface area contributed by atoms with Gasteiger partial charge in [-0.05, 0) is 42.5 Å². The second kappa shape index (κ2) is 10.5. The number of anilines is 2. The number of hydrogen-bond acceptors (Lipinski definition) is 8. The van der Waals surface area contributed by atoms with Crippen molar-refractivity contribution in [3.8, 4) is 5.69 Å². The third-order valence-electron chi connectivity index (χ3n) is 5.72. The van der Waals surface area contributed by atoms with Crippen LogP contribution >= 0.6 is 23.8 Å². The van der Waals surface area contributed by atoms with Crippen molar-refractivity contribution >= 4 is 62.9 Å². The fourth-order valence-electron chi connectivity index (χ4n) is 3.93. The van der Waals surface area contributed by atoms with Gasteiger partial charge in [-0.15, -0.1) is 10.2 Å². The molecular weight excluding hydrogens is 518 g/mol. The van der Waals surface area contributed by atoms with Gasteiger partial charge >= 0.3 is 0 Å². The molecule has 1 aliphatic heterocycles. The molecule has 1 fully saturated rings. The molecule has 0 radical (unpaired) electrons. The molecular formula is C24H20ClN7O4S. The maximum absolute atomic E-state index is 13.2. The second-order valence-electron chi connectivity index (χ2n) is 8.11. The third kappa shape index (κ3) is 5.35. The van der Waals surface area contributed by atoms with Crippen LogP contribution in [0, 0.1) is 10.1 Å². The Morgan fingerprint density at radius 3 is 2.46 bits per heavy atom. The predicted octanol–water partition coefficient (Wildman–Crippen LogP) is 3.95. The summed E-state index contributed by atoms with van der Waals surface area (Å²) in [5.41, 5.74) is 2.86. The van der Waals surface area contributed by atoms with E-state index in [1.54, 1.807) is 18.2 Å². The number of carbonyl (C=O) groups excluding carboxylic acids is 1. The molecule has 3 aromatic carbocycles. The summed E-state index contributed by atoms with van der Waals surface area (Å²) in [4.78, 5) is 27.4. The van der Waals surface area contributed by atoms with Crippen LogP contribution in [0.3, 0.4) is 0 Å². The molecule has 5 rings (SSSR count). The summed E-state index contributed by atoms with van der Waals surface area (Å²) in [6.45, 7) is 2.10. The van der Waals surface area contributed by atoms with E-state index < -0.39 is 10.8 Å². The van der Waals surface area contributed by atoms with Gasteiger partial charge in [-0.2, -0.15) is 4.80 Å². The molecule has 0 atom stereocenters. The summed E-state index contributed by atoms with van der Waals surface area (Å²) >= 11 is 11.8. The zero-order valence-corrected chi connectivity index (χ0v) is 20.8. The van der Waals surface area contributed by atoms with Gasteiger partial charge in [0.05, 0.1) is 45.8 Å². The number of morpholine rings is 1. The van der Waals surface area contributed by atoms with Crippen LogP contribution in [0.15, 0.2) is 60.7 Å². The van der Waals surface area contributed by atoms with E-state index in [2.05, 4.69) is 20.8 Å². The number of nitrogens with zero attached hydrogens (tertiary/aromatic N) is 5. The topological polar surface area (TPSA) is 127 Å². The first-order valence-electron chi connectivity index (χ1n) is 11.2. The molecule has 0 aliphatic carbocycles. The van der Waals surface area contributed by atoms with Gasteiger partial charge < -0.3 is 15.0 Å². The predicted molar refractivity (Wildman–Crippen MR) is 144 cm³/mol. The molecule has 0 saturated carbocycles. The Labute approximate surface area is 221 Å². The van der Waals surface area contributed by atoms with Crippen LogP contribution in [0.4, 0.5) is 17.1 Å². The molecule has 1 aromatic heterocycles. The summed E-state index contributed by atoms with van der Waals surface area (Å²) in [7, 11) is 0. The highest BCUT2D eigenvalue weighted by atomic mass is 35.5. The fraction of sp³-hybridized carbons (Fsp3) is 0.167. The molecule has 1 amide bonds. The highest BCUT2D eigenvalue weighted by Crippen LogP contribution is 2.28. The zero-order chi connectivity index (χ0) is 25.9. The lowest BCUT2D eigenvalue weighted by Crippen LogP contribution is -2.39. The smallest absolute Gasteiger partial charge is 0.270 e. The number of carbonyl (C=O) groups is 1. The number of nitro benzene ring substituents is 1. The number of halogens is 1. The SMILES string of the molecule is O=C(NC(=S)Nc1cc2nn(-c3ccccc3)nc2cc1Cl)c1cc([N+](=O)[O-])ccc1N1CCOCC1. The van der Waals surface area contributed by atoms with Crippen molar-refractivity contribution in [2.75, 3.05) is 36.5 Å². The minimum absolute atomic E-state index is 0.0267. The maximum Gasteiger partial charge on any atom is 0.270 e. The number of rotatable bonds is 5. The Morgan fingerprint density at radius 2 is 1.76 bits per heavy atom. The van der Waals surface area contributed by atoms with E-state index in [4.69, 9.17) is 28.6 Å². The number of ether oxygens (including phenoxy) is 1. The number of non-ortho nitro benzene ring substituents is 1. The lowest BCUT2D eigenvalue weighted by atomic mass is 10.1. The Morgan fingerprint density at radius 1 is 1.05 bits per heavy atom. The Kier molecular flexibility index (Phi) is 6.95. The number of thiocarbonyl (C=S) groups is 1. The number of amides is 1. The number of nitrogens with one attached hydrogen (secondary N) is 2. The van der Waals surface area contributed by atoms with Gasteiger partial charge in [0.2, 0.25) is 0 Å². The average molecular weight is 538 g/mol. The van der Waals surface area contributed by atoms with Gasteiger partial charge in [-0.3, -0.25) is 20.2 Å². The van der Waals surface area contributed by atoms with Crippen molar-refractivity contribution in [1.82, 2.24) is 20.3 Å². The van der Waals surface area contributed by atoms with E-state index in [0.717, 1.165) is 5.69 Å². The van der Waals surface area contributed by atoms with Crippen molar-refractivity contribution in [2.24, 2.45) is 0 Å². The quantitative estimate of drug-likeness (QED) is 0.221. The molecule has 1 aliphatic rings. The van der Waals surface area contributed by atoms with E-state index >= 15 is 0 Å². The fourth-order valence-corrected chi connectivity index (χ4v) is 4.34. The van der Waals surface area contributed by atoms with Crippen LogP contribution < -0.4 is 15.5 Å². The molecule has 37 heavy (non-hydrogen) atoms. The van der Waals surface area contributed by atoms with E-state index in [-0.39, 0.29) is 16.4 Å². The molecule has 0 bridgehead atoms. The lowest BCUT2D eigenvalue weighted by Gasteiger charge is -2.30. The number of fused-ring (bicyclic) bond motifs is 1. The minimum Gasteiger partial charge on any atom is -0.378 e. The van der Waals surface area contributed by atoms with Gasteiger partial charge in [-0.25, -0.2) is 0 Å². The van der Waals surface area contributed by atoms with Crippen LogP contribution in [0.1, 0.15) is 10.4 Å². The summed E-state index contributed by atoms with van der Waals surface area (Å²) in [6, 6.07) is 16.9. The molecule has 0 spiro atoms. The first-order chi connectivity index (χ1) is 17.9. The van der Waals surface area contributed by atoms with Gasteiger partial charge in [0, 0.05) is 25.2 Å². The number of para-hydroxylation sites is 1. The molecule has 11 nitrogen and oxygen atoms in total. The van der Waals surface area contributed by atoms with Gasteiger partial charge in [-0.1, -0.05) is 29.8 Å². The number of hydrogen-bond donors (Lipinski definition) is 2. The second-order valence-corrected chi connectivity index (χ2v) is 8.93. The van der Waals surface area contributed by atoms with Crippen molar-refractivity contribution in [3.63, 3.8) is 0 Å². The monoisotopic (exact) mass is 537 g/mol. The number of aromatic nitrogens is 3. The minimum atomic E-state index is -0.588. The van der Waals surface area contributed by atoms with Gasteiger partial charge in [0.15, 0.2) is 5.11 Å². The van der Waals surface area contributed by atoms with Crippen LogP contribution in [-0.4, -0.2) is 57.2 Å². The van der Waals surface area contributed by atoms with Crippen molar-refractivity contribution in [2.45, 2.75) is 0 Å². The van der Waals surface area contributed by atoms with Crippen LogP contribution in [-0.2, 0) is 4.74 Å². The van der Waals surface area contributed by atoms with Crippen molar-refractivity contribution < 1.29 is 14.5 Å². The summed E-state index contributed by atoms with van der Waals surface area (Å²) < 4.78 is 5.38. The highest BCUT2D eigenvalue weighted by molar-refractivity contribution is 7.80. The first-order valence-corrected chi connectivity index (χ1v) is 12.0. The molecule has 2 heterocycles. The summed E-state index contributed by atoms with van der Waals surface area (Å²) in [5, 5.41) is 26.1. The van der Waals surface area contributed by atoms with E-state index in [0.29, 0.717) is 53.7 Å². The van der Waals surface area contributed by atoms with Crippen molar-refractivity contribution in [3.05, 3.63) is 81.4 Å². The van der Waals surface area contributed by atoms with Crippen LogP contribution in [0.25, 0.3) is 16.7 Å². The van der Waals surface area contributed by atoms with Crippen LogP contribution in [0.5, 0.6) is 0 Å². The Bertz CT molecular complexity index is 1510. The van der Waals surface area contributed by atoms with E-state index in [1.165, 1.54) is 16.9 Å². The molecule has 13 heteroatoms. The largest absolute Gasteiger partial charge is 0.378 e. The molecule has 1 saturated heterocycles. The Hall–Kier alpha value is -4.13. The zero-order valence-electron chi connectivity index (χ0n) is 19.3. The summed E-state index contributed by atoms with van der Waals surface area (Å²) in [6.07, 6.45) is 0. The average Bonchev–Trinajstić information content (AvgIpc) is 3.32. The summed E-state index contributed by atoms with van der Waals surface area (Å²) in [5.74, 6) is -0.588. The normalized spacial score (nSPS) is 13.4. The van der Waals surface area contributed by atoms with E-state index in [9.17, 15) is 14.9 Å². The van der Waals surface area contributed by atoms with Crippen LogP contribution in [0.2, 0.25) is 5.02 Å². The highest BCUT2D eigenvalue weighted by Gasteiger charge is 2.23. The van der Waals surface area contributed by atoms with Crippen molar-refractivity contribution in [1.29, 1.82) is 0 Å². The lowest BCUT2D eigenvalue weighted by molar-refractivity contribution is -0.384. The van der Waals surface area contributed by atoms with E-state index in [1.807, 2.05) is 35.2 Å². The Balaban J connectivity index is 1.36. The third-order valence-corrected chi connectivity index (χ3v) is 6.24. The molecule has 4 aromatic rings. The maximum atomic E-state index is 13.2. The van der Waals surface area contributed by atoms with Gasteiger partial charge in [0.1, 0.15) is 11.0 Å². The molecule has 2 N–H and O–H groups in total. The number of benzene rings is 3. The standard InChI is InChI=1S/C24H20ClN7O4S/c25-18-13-20-21(29-31(28-20)15-4-2-1-3-5-15)14-19(18)26-24(37)27-23(33)17-12-16(32(34)35)6-7-22(17)30-8-10-36-11-9-30/h1-7,12-14H,8-11H2,(H2,26,27,33,37). The molecule has 188 valence electrons. The first kappa shape index (κ1) is 24.6. The number of nitro groups is 1.